The lowest BCUT2D eigenvalue weighted by molar-refractivity contribution is -0.136. The van der Waals surface area contributed by atoms with Crippen LogP contribution in [0.25, 0.3) is 0 Å². The average Bonchev–Trinajstić information content (AvgIpc) is 2.43. The standard InChI is InChI=1S/C16H31N3O2/c1-6-18(11-13(2)3)16(21)15(5)19-9-7-17(8-10-19)12-14(4)20/h14-15,20H,2,6-12H2,1,3-5H3/t14-,15+/m1/s1. The number of aliphatic hydroxyl groups is 1. The van der Waals surface area contributed by atoms with Gasteiger partial charge in [-0.25, -0.2) is 0 Å². The van der Waals surface area contributed by atoms with Gasteiger partial charge in [-0.3, -0.25) is 14.6 Å². The lowest BCUT2D eigenvalue weighted by Gasteiger charge is -2.39. The molecule has 1 heterocycles. The summed E-state index contributed by atoms with van der Waals surface area (Å²) in [6.07, 6.45) is -0.290. The summed E-state index contributed by atoms with van der Waals surface area (Å²) in [6.45, 7) is 17.3. The average molecular weight is 297 g/mol. The highest BCUT2D eigenvalue weighted by molar-refractivity contribution is 5.81. The van der Waals surface area contributed by atoms with Crippen molar-refractivity contribution in [1.29, 1.82) is 0 Å². The Labute approximate surface area is 129 Å². The molecule has 1 aliphatic heterocycles. The van der Waals surface area contributed by atoms with Crippen LogP contribution in [0.5, 0.6) is 0 Å². The van der Waals surface area contributed by atoms with E-state index in [-0.39, 0.29) is 18.1 Å². The van der Waals surface area contributed by atoms with Crippen LogP contribution in [-0.2, 0) is 4.79 Å². The summed E-state index contributed by atoms with van der Waals surface area (Å²) in [4.78, 5) is 18.9. The Balaban J connectivity index is 2.50. The second-order valence-electron chi connectivity index (χ2n) is 6.17. The fraction of sp³-hybridized carbons (Fsp3) is 0.812. The molecule has 0 aromatic carbocycles. The zero-order valence-electron chi connectivity index (χ0n) is 14.0. The molecule has 0 saturated carbocycles. The van der Waals surface area contributed by atoms with Crippen molar-refractivity contribution in [1.82, 2.24) is 14.7 Å². The fourth-order valence-corrected chi connectivity index (χ4v) is 2.80. The Bertz CT molecular complexity index is 349. The third kappa shape index (κ3) is 5.77. The molecule has 5 heteroatoms. The van der Waals surface area contributed by atoms with Gasteiger partial charge in [0.25, 0.3) is 0 Å². The van der Waals surface area contributed by atoms with Crippen molar-refractivity contribution in [2.75, 3.05) is 45.8 Å². The molecule has 1 rings (SSSR count). The molecular formula is C16H31N3O2. The molecule has 1 saturated heterocycles. The molecule has 0 aromatic rings. The summed E-state index contributed by atoms with van der Waals surface area (Å²) in [7, 11) is 0. The van der Waals surface area contributed by atoms with E-state index in [0.717, 1.165) is 38.3 Å². The first kappa shape index (κ1) is 18.1. The molecule has 0 spiro atoms. The third-order valence-electron chi connectivity index (χ3n) is 3.99. The van der Waals surface area contributed by atoms with Crippen molar-refractivity contribution in [3.8, 4) is 0 Å². The molecule has 1 N–H and O–H groups in total. The van der Waals surface area contributed by atoms with Crippen LogP contribution in [0.3, 0.4) is 0 Å². The highest BCUT2D eigenvalue weighted by Crippen LogP contribution is 2.10. The lowest BCUT2D eigenvalue weighted by atomic mass is 10.2. The number of carbonyl (C=O) groups is 1. The molecule has 0 aromatic heterocycles. The topological polar surface area (TPSA) is 47.0 Å². The van der Waals surface area contributed by atoms with Gasteiger partial charge in [-0.15, -0.1) is 0 Å². The number of aliphatic hydroxyl groups excluding tert-OH is 1. The number of piperazine rings is 1. The number of hydrogen-bond acceptors (Lipinski definition) is 4. The molecule has 2 atom stereocenters. The zero-order valence-corrected chi connectivity index (χ0v) is 14.0. The molecule has 1 aliphatic rings. The maximum Gasteiger partial charge on any atom is 0.239 e. The monoisotopic (exact) mass is 297 g/mol. The number of likely N-dealkylation sites (N-methyl/N-ethyl adjacent to an activating group) is 1. The minimum Gasteiger partial charge on any atom is -0.392 e. The maximum absolute atomic E-state index is 12.6. The van der Waals surface area contributed by atoms with Gasteiger partial charge in [0.2, 0.25) is 5.91 Å². The predicted octanol–water partition coefficient (Wildman–Crippen LogP) is 0.798. The minimum absolute atomic E-state index is 0.0852. The van der Waals surface area contributed by atoms with Crippen LogP contribution in [0.1, 0.15) is 27.7 Å². The van der Waals surface area contributed by atoms with E-state index in [0.29, 0.717) is 13.1 Å². The summed E-state index contributed by atoms with van der Waals surface area (Å²) in [5.74, 6) is 0.185. The quantitative estimate of drug-likeness (QED) is 0.706. The molecule has 0 unspecified atom stereocenters. The molecule has 0 radical (unpaired) electrons. The summed E-state index contributed by atoms with van der Waals surface area (Å²) in [5.41, 5.74) is 1.01. The molecule has 0 aliphatic carbocycles. The van der Waals surface area contributed by atoms with Crippen molar-refractivity contribution in [3.63, 3.8) is 0 Å². The first-order valence-electron chi connectivity index (χ1n) is 7.92. The number of carbonyl (C=O) groups excluding carboxylic acids is 1. The van der Waals surface area contributed by atoms with E-state index < -0.39 is 0 Å². The molecule has 0 bridgehead atoms. The van der Waals surface area contributed by atoms with E-state index in [2.05, 4.69) is 16.4 Å². The summed E-state index contributed by atoms with van der Waals surface area (Å²) in [6, 6.07) is -0.0852. The van der Waals surface area contributed by atoms with E-state index in [1.807, 2.05) is 32.6 Å². The molecular weight excluding hydrogens is 266 g/mol. The van der Waals surface area contributed by atoms with Crippen molar-refractivity contribution in [2.45, 2.75) is 39.8 Å². The zero-order chi connectivity index (χ0) is 16.0. The van der Waals surface area contributed by atoms with Crippen LogP contribution in [-0.4, -0.2) is 83.7 Å². The van der Waals surface area contributed by atoms with Gasteiger partial charge in [0.1, 0.15) is 0 Å². The van der Waals surface area contributed by atoms with Gasteiger partial charge in [0.15, 0.2) is 0 Å². The van der Waals surface area contributed by atoms with Crippen molar-refractivity contribution < 1.29 is 9.90 Å². The Morgan fingerprint density at radius 2 is 1.86 bits per heavy atom. The number of hydrogen-bond donors (Lipinski definition) is 1. The van der Waals surface area contributed by atoms with E-state index in [9.17, 15) is 9.90 Å². The number of rotatable bonds is 7. The molecule has 5 nitrogen and oxygen atoms in total. The lowest BCUT2D eigenvalue weighted by Crippen LogP contribution is -2.55. The summed E-state index contributed by atoms with van der Waals surface area (Å²) < 4.78 is 0. The molecule has 1 fully saturated rings. The van der Waals surface area contributed by atoms with Crippen LogP contribution < -0.4 is 0 Å². The van der Waals surface area contributed by atoms with Crippen LogP contribution in [0.4, 0.5) is 0 Å². The smallest absolute Gasteiger partial charge is 0.239 e. The van der Waals surface area contributed by atoms with Crippen molar-refractivity contribution in [2.24, 2.45) is 0 Å². The van der Waals surface area contributed by atoms with Crippen LogP contribution >= 0.6 is 0 Å². The van der Waals surface area contributed by atoms with E-state index in [1.54, 1.807) is 0 Å². The summed E-state index contributed by atoms with van der Waals surface area (Å²) in [5, 5.41) is 9.43. The fourth-order valence-electron chi connectivity index (χ4n) is 2.80. The Hall–Kier alpha value is -0.910. The normalized spacial score (nSPS) is 20.0. The third-order valence-corrected chi connectivity index (χ3v) is 3.99. The van der Waals surface area contributed by atoms with Gasteiger partial charge in [-0.05, 0) is 27.7 Å². The second-order valence-corrected chi connectivity index (χ2v) is 6.17. The van der Waals surface area contributed by atoms with Crippen LogP contribution in [0.2, 0.25) is 0 Å². The Morgan fingerprint density at radius 1 is 1.29 bits per heavy atom. The number of amides is 1. The van der Waals surface area contributed by atoms with Crippen LogP contribution in [0.15, 0.2) is 12.2 Å². The first-order valence-corrected chi connectivity index (χ1v) is 7.92. The number of nitrogens with zero attached hydrogens (tertiary/aromatic N) is 3. The minimum atomic E-state index is -0.290. The number of β-amino-alcohol motifs (C(OH)–C–C–N with tert-alkyl or cyclic N) is 1. The van der Waals surface area contributed by atoms with Gasteiger partial charge in [0.05, 0.1) is 12.1 Å². The van der Waals surface area contributed by atoms with Crippen LogP contribution in [0, 0.1) is 0 Å². The molecule has 21 heavy (non-hydrogen) atoms. The van der Waals surface area contributed by atoms with Gasteiger partial charge in [0, 0.05) is 45.8 Å². The van der Waals surface area contributed by atoms with E-state index in [4.69, 9.17) is 0 Å². The van der Waals surface area contributed by atoms with Gasteiger partial charge in [-0.2, -0.15) is 0 Å². The summed E-state index contributed by atoms with van der Waals surface area (Å²) >= 11 is 0. The first-order chi connectivity index (χ1) is 9.85. The highest BCUT2D eigenvalue weighted by Gasteiger charge is 2.28. The Kier molecular flexibility index (Phi) is 7.35. The maximum atomic E-state index is 12.6. The van der Waals surface area contributed by atoms with Gasteiger partial charge < -0.3 is 10.0 Å². The molecule has 122 valence electrons. The van der Waals surface area contributed by atoms with Gasteiger partial charge in [-0.1, -0.05) is 12.2 Å². The largest absolute Gasteiger partial charge is 0.392 e. The van der Waals surface area contributed by atoms with E-state index >= 15 is 0 Å². The molecule has 1 amide bonds. The van der Waals surface area contributed by atoms with Crippen molar-refractivity contribution in [3.05, 3.63) is 12.2 Å². The van der Waals surface area contributed by atoms with Crippen molar-refractivity contribution >= 4 is 5.91 Å². The SMILES string of the molecule is C=C(C)CN(CC)C(=O)[C@H](C)N1CCN(C[C@@H](C)O)CC1. The predicted molar refractivity (Wildman–Crippen MR) is 86.2 cm³/mol. The highest BCUT2D eigenvalue weighted by atomic mass is 16.3. The van der Waals surface area contributed by atoms with E-state index in [1.165, 1.54) is 0 Å². The second kappa shape index (κ2) is 8.51. The Morgan fingerprint density at radius 3 is 2.29 bits per heavy atom. The van der Waals surface area contributed by atoms with Gasteiger partial charge >= 0.3 is 0 Å².